The van der Waals surface area contributed by atoms with Gasteiger partial charge in [-0.05, 0) is 32.1 Å². The highest BCUT2D eigenvalue weighted by Gasteiger charge is 2.18. The van der Waals surface area contributed by atoms with Gasteiger partial charge in [0.1, 0.15) is 0 Å². The van der Waals surface area contributed by atoms with Crippen molar-refractivity contribution in [2.75, 3.05) is 13.2 Å². The number of aliphatic hydroxyl groups is 2. The zero-order valence-electron chi connectivity index (χ0n) is 46.8. The Kier molecular flexibility index (Phi) is 58.0. The molecule has 0 saturated carbocycles. The monoisotopic (exact) mass is 974 g/mol. The number of carbonyl (C=O) groups is 2. The SMILES string of the molecule is CCCCCCCCCCCC/C=C/C(O)C(CO)NC(=O)CCCCCCCCCCCCCCCCCCCCCCCCCCCCCCCOC(=O)CCCCCCCCCCCCC. The fourth-order valence-corrected chi connectivity index (χ4v) is 9.99. The molecule has 2 unspecified atom stereocenters. The zero-order chi connectivity index (χ0) is 50.0. The molecule has 0 aromatic heterocycles. The number of aliphatic hydroxyl groups excluding tert-OH is 2. The fraction of sp³-hybridized carbons (Fsp3) is 0.937. The number of nitrogens with one attached hydrogen (secondary N) is 1. The van der Waals surface area contributed by atoms with Crippen molar-refractivity contribution in [1.82, 2.24) is 5.32 Å². The molecule has 0 aliphatic rings. The number of hydrogen-bond donors (Lipinski definition) is 3. The molecule has 0 radical (unpaired) electrons. The molecule has 0 aromatic rings. The molecule has 0 rings (SSSR count). The quantitative estimate of drug-likeness (QED) is 0.0321. The van der Waals surface area contributed by atoms with Crippen LogP contribution in [0.4, 0.5) is 0 Å². The smallest absolute Gasteiger partial charge is 0.305 e. The normalized spacial score (nSPS) is 12.6. The van der Waals surface area contributed by atoms with Gasteiger partial charge in [0.2, 0.25) is 5.91 Å². The van der Waals surface area contributed by atoms with E-state index in [0.29, 0.717) is 19.4 Å². The summed E-state index contributed by atoms with van der Waals surface area (Å²) in [5.41, 5.74) is 0. The highest BCUT2D eigenvalue weighted by Crippen LogP contribution is 2.18. The second kappa shape index (κ2) is 59.2. The maximum absolute atomic E-state index is 12.4. The van der Waals surface area contributed by atoms with Crippen LogP contribution in [0.15, 0.2) is 12.2 Å². The van der Waals surface area contributed by atoms with Crippen LogP contribution in [-0.4, -0.2) is 47.4 Å². The summed E-state index contributed by atoms with van der Waals surface area (Å²) < 4.78 is 5.47. The molecular formula is C63H123NO5. The second-order valence-electron chi connectivity index (χ2n) is 21.8. The minimum Gasteiger partial charge on any atom is -0.466 e. The zero-order valence-corrected chi connectivity index (χ0v) is 46.8. The first-order valence-electron chi connectivity index (χ1n) is 31.5. The van der Waals surface area contributed by atoms with Crippen molar-refractivity contribution in [2.45, 2.75) is 366 Å². The molecule has 2 atom stereocenters. The van der Waals surface area contributed by atoms with Crippen molar-refractivity contribution in [3.05, 3.63) is 12.2 Å². The van der Waals surface area contributed by atoms with E-state index in [1.165, 1.54) is 289 Å². The van der Waals surface area contributed by atoms with Gasteiger partial charge in [-0.2, -0.15) is 0 Å². The van der Waals surface area contributed by atoms with Crippen LogP contribution >= 0.6 is 0 Å². The Morgan fingerprint density at radius 1 is 0.391 bits per heavy atom. The Hall–Kier alpha value is -1.40. The Morgan fingerprint density at radius 2 is 0.667 bits per heavy atom. The van der Waals surface area contributed by atoms with Crippen LogP contribution in [0.5, 0.6) is 0 Å². The molecule has 3 N–H and O–H groups in total. The number of carbonyl (C=O) groups excluding carboxylic acids is 2. The minimum absolute atomic E-state index is 0.0192. The fourth-order valence-electron chi connectivity index (χ4n) is 9.99. The van der Waals surface area contributed by atoms with Crippen LogP contribution in [0.3, 0.4) is 0 Å². The summed E-state index contributed by atoms with van der Waals surface area (Å²) in [6.45, 7) is 4.92. The molecule has 0 bridgehead atoms. The maximum Gasteiger partial charge on any atom is 0.305 e. The van der Waals surface area contributed by atoms with E-state index in [0.717, 1.165) is 38.5 Å². The largest absolute Gasteiger partial charge is 0.466 e. The van der Waals surface area contributed by atoms with Gasteiger partial charge in [0.05, 0.1) is 25.4 Å². The van der Waals surface area contributed by atoms with E-state index in [2.05, 4.69) is 19.2 Å². The molecule has 6 nitrogen and oxygen atoms in total. The lowest BCUT2D eigenvalue weighted by molar-refractivity contribution is -0.143. The van der Waals surface area contributed by atoms with Crippen LogP contribution in [-0.2, 0) is 14.3 Å². The molecule has 1 amide bonds. The Bertz CT molecular complexity index is 1030. The van der Waals surface area contributed by atoms with Gasteiger partial charge in [0.25, 0.3) is 0 Å². The van der Waals surface area contributed by atoms with Crippen molar-refractivity contribution in [3.63, 3.8) is 0 Å². The van der Waals surface area contributed by atoms with E-state index < -0.39 is 12.1 Å². The van der Waals surface area contributed by atoms with Gasteiger partial charge >= 0.3 is 5.97 Å². The van der Waals surface area contributed by atoms with Gasteiger partial charge in [0.15, 0.2) is 0 Å². The topological polar surface area (TPSA) is 95.9 Å². The lowest BCUT2D eigenvalue weighted by atomic mass is 10.0. The Morgan fingerprint density at radius 3 is 0.986 bits per heavy atom. The molecule has 0 saturated heterocycles. The van der Waals surface area contributed by atoms with Gasteiger partial charge in [-0.1, -0.05) is 321 Å². The number of amides is 1. The molecule has 0 heterocycles. The van der Waals surface area contributed by atoms with Gasteiger partial charge in [-0.3, -0.25) is 9.59 Å². The van der Waals surface area contributed by atoms with Gasteiger partial charge < -0.3 is 20.3 Å². The van der Waals surface area contributed by atoms with Crippen molar-refractivity contribution in [2.24, 2.45) is 0 Å². The molecule has 6 heteroatoms. The molecule has 0 fully saturated rings. The highest BCUT2D eigenvalue weighted by molar-refractivity contribution is 5.76. The van der Waals surface area contributed by atoms with E-state index in [1.54, 1.807) is 6.08 Å². The van der Waals surface area contributed by atoms with Crippen molar-refractivity contribution in [3.8, 4) is 0 Å². The third kappa shape index (κ3) is 55.8. The molecule has 0 spiro atoms. The van der Waals surface area contributed by atoms with E-state index >= 15 is 0 Å². The van der Waals surface area contributed by atoms with Crippen molar-refractivity contribution >= 4 is 11.9 Å². The standard InChI is InChI=1S/C63H123NO5/c1-3-5-7-9-11-13-15-36-39-43-47-51-55-61(66)60(59-65)64-62(67)56-52-48-44-40-37-33-31-29-27-25-23-21-19-17-16-18-20-22-24-26-28-30-32-34-38-42-46-50-54-58-69-63(68)57-53-49-45-41-35-14-12-10-8-6-4-2/h51,55,60-61,65-66H,3-50,52-54,56-59H2,1-2H3,(H,64,67)/b55-51+. The molecule has 0 aliphatic carbocycles. The van der Waals surface area contributed by atoms with Crippen LogP contribution in [0.25, 0.3) is 0 Å². The first-order chi connectivity index (χ1) is 34.0. The van der Waals surface area contributed by atoms with E-state index in [1.807, 2.05) is 6.08 Å². The van der Waals surface area contributed by atoms with E-state index in [4.69, 9.17) is 4.74 Å². The first kappa shape index (κ1) is 67.6. The average molecular weight is 975 g/mol. The first-order valence-corrected chi connectivity index (χ1v) is 31.5. The summed E-state index contributed by atoms with van der Waals surface area (Å²) in [4.78, 5) is 24.4. The third-order valence-corrected chi connectivity index (χ3v) is 14.8. The van der Waals surface area contributed by atoms with Crippen molar-refractivity contribution in [1.29, 1.82) is 0 Å². The predicted octanol–water partition coefficient (Wildman–Crippen LogP) is 19.6. The second-order valence-corrected chi connectivity index (χ2v) is 21.8. The Balaban J connectivity index is 3.33. The van der Waals surface area contributed by atoms with Crippen LogP contribution in [0.1, 0.15) is 354 Å². The number of esters is 1. The number of hydrogen-bond acceptors (Lipinski definition) is 5. The highest BCUT2D eigenvalue weighted by atomic mass is 16.5. The van der Waals surface area contributed by atoms with Crippen LogP contribution in [0.2, 0.25) is 0 Å². The summed E-state index contributed by atoms with van der Waals surface area (Å²) in [6, 6.07) is -0.623. The van der Waals surface area contributed by atoms with Crippen LogP contribution in [0, 0.1) is 0 Å². The average Bonchev–Trinajstić information content (AvgIpc) is 3.35. The maximum atomic E-state index is 12.4. The minimum atomic E-state index is -0.840. The van der Waals surface area contributed by atoms with Gasteiger partial charge in [0, 0.05) is 12.8 Å². The summed E-state index contributed by atoms with van der Waals surface area (Å²) in [6.07, 6.45) is 71.3. The van der Waals surface area contributed by atoms with E-state index in [9.17, 15) is 19.8 Å². The number of allylic oxidation sites excluding steroid dienone is 1. The summed E-state index contributed by atoms with van der Waals surface area (Å²) in [5.74, 6) is -0.0443. The third-order valence-electron chi connectivity index (χ3n) is 14.8. The lowest BCUT2D eigenvalue weighted by Gasteiger charge is -2.20. The summed E-state index contributed by atoms with van der Waals surface area (Å²) >= 11 is 0. The Labute approximate surface area is 431 Å². The van der Waals surface area contributed by atoms with Gasteiger partial charge in [-0.15, -0.1) is 0 Å². The molecule has 410 valence electrons. The molecule has 0 aromatic carbocycles. The van der Waals surface area contributed by atoms with Crippen molar-refractivity contribution < 1.29 is 24.5 Å². The van der Waals surface area contributed by atoms with E-state index in [-0.39, 0.29) is 18.5 Å². The number of unbranched alkanes of at least 4 members (excludes halogenated alkanes) is 48. The summed E-state index contributed by atoms with van der Waals surface area (Å²) in [7, 11) is 0. The predicted molar refractivity (Wildman–Crippen MR) is 301 cm³/mol. The number of ether oxygens (including phenoxy) is 1. The van der Waals surface area contributed by atoms with Gasteiger partial charge in [-0.25, -0.2) is 0 Å². The van der Waals surface area contributed by atoms with Crippen LogP contribution < -0.4 is 5.32 Å². The summed E-state index contributed by atoms with van der Waals surface area (Å²) in [5, 5.41) is 23.1. The lowest BCUT2D eigenvalue weighted by Crippen LogP contribution is -2.45. The molecule has 0 aliphatic heterocycles. The molecular weight excluding hydrogens is 851 g/mol. The molecule has 69 heavy (non-hydrogen) atoms. The number of rotatable bonds is 59.